The average molecular weight is 843 g/mol. The molecule has 0 saturated carbocycles. The lowest BCUT2D eigenvalue weighted by Crippen LogP contribution is -2.60. The molecule has 0 saturated heterocycles. The lowest BCUT2D eigenvalue weighted by atomic mass is 9.43. The van der Waals surface area contributed by atoms with Crippen LogP contribution >= 0.6 is 11.3 Å². The predicted octanol–water partition coefficient (Wildman–Crippen LogP) is 15.2. The smallest absolute Gasteiger partial charge is 0.333 e. The van der Waals surface area contributed by atoms with Crippen LogP contribution in [0.25, 0.3) is 91.9 Å². The maximum Gasteiger partial charge on any atom is 0.333 e. The summed E-state index contributed by atoms with van der Waals surface area (Å²) in [5.74, 6) is 0. The van der Waals surface area contributed by atoms with E-state index in [1.807, 2.05) is 11.3 Å². The minimum absolute atomic E-state index is 0.0193. The summed E-state index contributed by atoms with van der Waals surface area (Å²) in [6.45, 7) is 18.8. The second-order valence-electron chi connectivity index (χ2n) is 21.3. The van der Waals surface area contributed by atoms with Crippen molar-refractivity contribution in [1.82, 2.24) is 4.57 Å². The van der Waals surface area contributed by atoms with E-state index < -0.39 is 0 Å². The highest BCUT2D eigenvalue weighted by Gasteiger charge is 2.50. The van der Waals surface area contributed by atoms with Crippen molar-refractivity contribution < 1.29 is 4.42 Å². The summed E-state index contributed by atoms with van der Waals surface area (Å²) in [5.41, 5.74) is 21.4. The molecule has 14 rings (SSSR count). The molecule has 308 valence electrons. The fourth-order valence-electron chi connectivity index (χ4n) is 12.2. The van der Waals surface area contributed by atoms with Gasteiger partial charge in [0.1, 0.15) is 11.2 Å². The maximum atomic E-state index is 6.80. The highest BCUT2D eigenvalue weighted by atomic mass is 32.1. The predicted molar refractivity (Wildman–Crippen MR) is 275 cm³/mol. The third-order valence-corrected chi connectivity index (χ3v) is 16.4. The van der Waals surface area contributed by atoms with E-state index in [2.05, 4.69) is 204 Å². The molecule has 1 aliphatic carbocycles. The van der Waals surface area contributed by atoms with E-state index in [4.69, 9.17) is 4.42 Å². The van der Waals surface area contributed by atoms with Crippen LogP contribution in [0.4, 0.5) is 11.4 Å². The molecule has 0 amide bonds. The molecule has 8 aromatic carbocycles. The topological polar surface area (TPSA) is 21.3 Å². The standard InChI is InChI=1S/C59H47BN2OS/c1-57(2,3)32-21-24-34(25-22-32)62-45-31-48-38(35-15-10-13-19-47(35)63-48)28-41(45)52-51-37-17-9-12-18-42(37)59(7,8)54(51)53-40-27-33(58(4,5)6)23-26-44(40)61-46-29-39-36-16-11-14-20-49(36)64-50(39)30-43(46)60(62)55(52)56(53)61/h9-31H,1-8H3. The third-order valence-electron chi connectivity index (χ3n) is 15.2. The lowest BCUT2D eigenvalue weighted by Gasteiger charge is -2.43. The molecule has 3 aliphatic rings. The van der Waals surface area contributed by atoms with Crippen LogP contribution in [0.1, 0.15) is 77.6 Å². The minimum atomic E-state index is -0.256. The highest BCUT2D eigenvalue weighted by molar-refractivity contribution is 7.26. The van der Waals surface area contributed by atoms with Gasteiger partial charge in [0, 0.05) is 75.8 Å². The maximum absolute atomic E-state index is 6.80. The molecule has 0 atom stereocenters. The largest absolute Gasteiger partial charge is 0.456 e. The van der Waals surface area contributed by atoms with Crippen molar-refractivity contribution in [1.29, 1.82) is 0 Å². The van der Waals surface area contributed by atoms with Crippen LogP contribution in [-0.2, 0) is 16.2 Å². The van der Waals surface area contributed by atoms with Gasteiger partial charge in [-0.2, -0.15) is 0 Å². The van der Waals surface area contributed by atoms with Gasteiger partial charge in [0.15, 0.2) is 0 Å². The first-order valence-electron chi connectivity index (χ1n) is 22.9. The van der Waals surface area contributed by atoms with Crippen LogP contribution in [0.15, 0.2) is 144 Å². The summed E-state index contributed by atoms with van der Waals surface area (Å²) < 4.78 is 12.1. The van der Waals surface area contributed by atoms with Crippen LogP contribution in [0.5, 0.6) is 0 Å². The molecule has 0 unspecified atom stereocenters. The van der Waals surface area contributed by atoms with Crippen molar-refractivity contribution in [2.24, 2.45) is 0 Å². The van der Waals surface area contributed by atoms with Gasteiger partial charge in [0.25, 0.3) is 0 Å². The summed E-state index contributed by atoms with van der Waals surface area (Å²) in [7, 11) is 0. The van der Waals surface area contributed by atoms with E-state index in [-0.39, 0.29) is 23.1 Å². The molecule has 5 heteroatoms. The number of benzene rings is 8. The molecule has 0 bridgehead atoms. The number of aromatic nitrogens is 1. The monoisotopic (exact) mass is 842 g/mol. The molecule has 5 heterocycles. The van der Waals surface area contributed by atoms with Gasteiger partial charge in [0.05, 0.1) is 11.0 Å². The molecule has 0 fully saturated rings. The van der Waals surface area contributed by atoms with Gasteiger partial charge in [-0.1, -0.05) is 134 Å². The molecular weight excluding hydrogens is 796 g/mol. The van der Waals surface area contributed by atoms with E-state index in [9.17, 15) is 0 Å². The van der Waals surface area contributed by atoms with Gasteiger partial charge in [-0.25, -0.2) is 0 Å². The first kappa shape index (κ1) is 36.9. The van der Waals surface area contributed by atoms with Crippen molar-refractivity contribution >= 4 is 104 Å². The number of thiophene rings is 1. The zero-order valence-electron chi connectivity index (χ0n) is 37.6. The summed E-state index contributed by atoms with van der Waals surface area (Å²) in [4.78, 5) is 2.67. The Hall–Kier alpha value is -6.56. The zero-order valence-corrected chi connectivity index (χ0v) is 38.4. The van der Waals surface area contributed by atoms with Crippen molar-refractivity contribution in [3.63, 3.8) is 0 Å². The number of rotatable bonds is 1. The van der Waals surface area contributed by atoms with Crippen molar-refractivity contribution in [3.05, 3.63) is 162 Å². The van der Waals surface area contributed by atoms with Gasteiger partial charge in [0.2, 0.25) is 0 Å². The Morgan fingerprint density at radius 2 is 1.28 bits per heavy atom. The van der Waals surface area contributed by atoms with E-state index in [1.165, 1.54) is 114 Å². The molecule has 0 radical (unpaired) electrons. The Morgan fingerprint density at radius 1 is 0.562 bits per heavy atom. The molecule has 64 heavy (non-hydrogen) atoms. The zero-order chi connectivity index (χ0) is 43.3. The Kier molecular flexibility index (Phi) is 6.89. The summed E-state index contributed by atoms with van der Waals surface area (Å²) in [5, 5.41) is 7.68. The van der Waals surface area contributed by atoms with E-state index in [0.717, 1.165) is 21.9 Å². The molecular formula is C59H47BN2OS. The minimum Gasteiger partial charge on any atom is -0.456 e. The second kappa shape index (κ2) is 12.0. The molecule has 3 nitrogen and oxygen atoms in total. The Balaban J connectivity index is 1.24. The van der Waals surface area contributed by atoms with E-state index in [1.54, 1.807) is 0 Å². The molecule has 11 aromatic rings. The molecule has 3 aromatic heterocycles. The van der Waals surface area contributed by atoms with Crippen LogP contribution in [0.2, 0.25) is 0 Å². The summed E-state index contributed by atoms with van der Waals surface area (Å²) >= 11 is 1.91. The number of nitrogens with zero attached hydrogens (tertiary/aromatic N) is 2. The third kappa shape index (κ3) is 4.58. The fourth-order valence-corrected chi connectivity index (χ4v) is 13.3. The van der Waals surface area contributed by atoms with Crippen LogP contribution in [0.3, 0.4) is 0 Å². The van der Waals surface area contributed by atoms with Crippen molar-refractivity contribution in [2.75, 3.05) is 4.81 Å². The van der Waals surface area contributed by atoms with Gasteiger partial charge >= 0.3 is 6.85 Å². The average Bonchev–Trinajstić information content (AvgIpc) is 4.00. The fraction of sp³-hybridized carbons (Fsp3) is 0.186. The Bertz CT molecular complexity index is 3900. The highest BCUT2D eigenvalue weighted by Crippen LogP contribution is 2.59. The number of furan rings is 1. The summed E-state index contributed by atoms with van der Waals surface area (Å²) in [6, 6.07) is 53.5. The number of hydrogen-bond donors (Lipinski definition) is 0. The van der Waals surface area contributed by atoms with Crippen molar-refractivity contribution in [2.45, 2.75) is 71.6 Å². The lowest BCUT2D eigenvalue weighted by molar-refractivity contribution is 0.590. The van der Waals surface area contributed by atoms with Crippen LogP contribution in [-0.4, -0.2) is 11.4 Å². The Morgan fingerprint density at radius 3 is 2.08 bits per heavy atom. The van der Waals surface area contributed by atoms with Gasteiger partial charge in [-0.05, 0) is 115 Å². The van der Waals surface area contributed by atoms with Crippen LogP contribution in [0, 0.1) is 0 Å². The molecule has 2 aliphatic heterocycles. The first-order valence-corrected chi connectivity index (χ1v) is 23.7. The van der Waals surface area contributed by atoms with Crippen molar-refractivity contribution in [3.8, 4) is 27.9 Å². The van der Waals surface area contributed by atoms with E-state index >= 15 is 0 Å². The summed E-state index contributed by atoms with van der Waals surface area (Å²) in [6.07, 6.45) is 0. The SMILES string of the molecule is CC(C)(C)c1ccc(N2B3c4cc5sc6ccccc6c5cc4-n4c5ccc(C(C)(C)C)cc5c5c6c(c(c3c54)-c3cc4c(cc32)oc2ccccc24)-c2ccccc2C6(C)C)cc1. The van der Waals surface area contributed by atoms with Gasteiger partial charge in [-0.15, -0.1) is 11.3 Å². The number of para-hydroxylation sites is 1. The first-order chi connectivity index (χ1) is 30.8. The second-order valence-corrected chi connectivity index (χ2v) is 22.4. The Labute approximate surface area is 377 Å². The van der Waals surface area contributed by atoms with Gasteiger partial charge in [-0.3, -0.25) is 0 Å². The van der Waals surface area contributed by atoms with Gasteiger partial charge < -0.3 is 13.8 Å². The number of anilines is 2. The number of fused-ring (bicyclic) bond motifs is 19. The quantitative estimate of drug-likeness (QED) is 0.154. The molecule has 0 spiro atoms. The van der Waals surface area contributed by atoms with E-state index in [0.29, 0.717) is 0 Å². The molecule has 0 N–H and O–H groups in total. The number of hydrogen-bond acceptors (Lipinski definition) is 3. The normalized spacial score (nSPS) is 14.9. The van der Waals surface area contributed by atoms with Crippen LogP contribution < -0.4 is 15.7 Å².